The minimum Gasteiger partial charge on any atom is -0.497 e. The van der Waals surface area contributed by atoms with E-state index in [1.807, 2.05) is 36.7 Å². The van der Waals surface area contributed by atoms with Gasteiger partial charge in [-0.2, -0.15) is 0 Å². The van der Waals surface area contributed by atoms with Crippen molar-refractivity contribution >= 4 is 17.2 Å². The molecule has 1 N–H and O–H groups in total. The number of fused-ring (bicyclic) bond motifs is 2. The first-order valence-corrected chi connectivity index (χ1v) is 11.9. The Bertz CT molecular complexity index is 1060. The molecule has 0 unspecified atom stereocenters. The SMILES string of the molecule is COc1cccc(CNC(=O)[C@H]2Cn3ccnc3C3(CCN(Cc4cccs4)CC3)O2)c1. The van der Waals surface area contributed by atoms with E-state index in [0.29, 0.717) is 13.1 Å². The van der Waals surface area contributed by atoms with E-state index in [1.54, 1.807) is 18.4 Å². The van der Waals surface area contributed by atoms with Crippen molar-refractivity contribution in [2.24, 2.45) is 0 Å². The van der Waals surface area contributed by atoms with E-state index in [2.05, 4.69) is 37.3 Å². The maximum atomic E-state index is 13.0. The number of benzene rings is 1. The number of piperidine rings is 1. The van der Waals surface area contributed by atoms with E-state index < -0.39 is 11.7 Å². The van der Waals surface area contributed by atoms with Crippen molar-refractivity contribution in [1.82, 2.24) is 19.8 Å². The van der Waals surface area contributed by atoms with Crippen molar-refractivity contribution < 1.29 is 14.3 Å². The Morgan fingerprint density at radius 1 is 1.31 bits per heavy atom. The highest BCUT2D eigenvalue weighted by molar-refractivity contribution is 7.09. The summed E-state index contributed by atoms with van der Waals surface area (Å²) in [4.78, 5) is 21.5. The largest absolute Gasteiger partial charge is 0.497 e. The Hall–Kier alpha value is -2.68. The quantitative estimate of drug-likeness (QED) is 0.622. The predicted octanol–water partition coefficient (Wildman–Crippen LogP) is 3.16. The second-order valence-corrected chi connectivity index (χ2v) is 9.46. The van der Waals surface area contributed by atoms with Crippen molar-refractivity contribution in [3.8, 4) is 5.75 Å². The van der Waals surface area contributed by atoms with Crippen LogP contribution in [0.25, 0.3) is 0 Å². The zero-order valence-electron chi connectivity index (χ0n) is 18.2. The van der Waals surface area contributed by atoms with Crippen LogP contribution in [-0.2, 0) is 34.8 Å². The highest BCUT2D eigenvalue weighted by atomic mass is 32.1. The number of methoxy groups -OCH3 is 1. The van der Waals surface area contributed by atoms with Gasteiger partial charge in [0.1, 0.15) is 17.2 Å². The van der Waals surface area contributed by atoms with Crippen LogP contribution in [0.5, 0.6) is 5.75 Å². The van der Waals surface area contributed by atoms with Gasteiger partial charge in [-0.25, -0.2) is 4.98 Å². The van der Waals surface area contributed by atoms with Crippen LogP contribution in [0, 0.1) is 0 Å². The van der Waals surface area contributed by atoms with Gasteiger partial charge in [0.25, 0.3) is 5.91 Å². The molecule has 168 valence electrons. The van der Waals surface area contributed by atoms with Gasteiger partial charge in [-0.3, -0.25) is 9.69 Å². The van der Waals surface area contributed by atoms with Gasteiger partial charge in [-0.1, -0.05) is 18.2 Å². The molecule has 0 bridgehead atoms. The third-order valence-electron chi connectivity index (χ3n) is 6.37. The van der Waals surface area contributed by atoms with E-state index >= 15 is 0 Å². The Morgan fingerprint density at radius 3 is 2.97 bits per heavy atom. The third-order valence-corrected chi connectivity index (χ3v) is 7.23. The summed E-state index contributed by atoms with van der Waals surface area (Å²) in [7, 11) is 1.64. The normalized spacial score (nSPS) is 20.1. The van der Waals surface area contributed by atoms with Crippen LogP contribution in [0.3, 0.4) is 0 Å². The van der Waals surface area contributed by atoms with Crippen molar-refractivity contribution in [2.75, 3.05) is 20.2 Å². The van der Waals surface area contributed by atoms with Gasteiger partial charge in [0.15, 0.2) is 6.10 Å². The van der Waals surface area contributed by atoms with E-state index in [4.69, 9.17) is 9.47 Å². The van der Waals surface area contributed by atoms with Crippen LogP contribution in [0.4, 0.5) is 0 Å². The number of likely N-dealkylation sites (tertiary alicyclic amines) is 1. The van der Waals surface area contributed by atoms with Crippen LogP contribution < -0.4 is 10.1 Å². The van der Waals surface area contributed by atoms with Crippen LogP contribution in [-0.4, -0.2) is 46.7 Å². The predicted molar refractivity (Wildman–Crippen MR) is 122 cm³/mol. The molecular formula is C24H28N4O3S. The minimum absolute atomic E-state index is 0.0902. The average Bonchev–Trinajstić information content (AvgIpc) is 3.52. The van der Waals surface area contributed by atoms with Gasteiger partial charge in [0.05, 0.1) is 13.7 Å². The first-order chi connectivity index (χ1) is 15.6. The summed E-state index contributed by atoms with van der Waals surface area (Å²) in [5.41, 5.74) is 0.486. The van der Waals surface area contributed by atoms with E-state index in [-0.39, 0.29) is 5.91 Å². The number of aromatic nitrogens is 2. The monoisotopic (exact) mass is 452 g/mol. The molecule has 1 amide bonds. The molecular weight excluding hydrogens is 424 g/mol. The van der Waals surface area contributed by atoms with E-state index in [9.17, 15) is 4.79 Å². The van der Waals surface area contributed by atoms with Gasteiger partial charge in [-0.05, 0) is 42.0 Å². The molecule has 0 aliphatic carbocycles. The number of nitrogens with zero attached hydrogens (tertiary/aromatic N) is 3. The number of hydrogen-bond acceptors (Lipinski definition) is 6. The molecule has 4 heterocycles. The highest BCUT2D eigenvalue weighted by Gasteiger charge is 2.47. The fourth-order valence-electron chi connectivity index (χ4n) is 4.66. The molecule has 0 radical (unpaired) electrons. The van der Waals surface area contributed by atoms with Gasteiger partial charge >= 0.3 is 0 Å². The molecule has 1 spiro atoms. The summed E-state index contributed by atoms with van der Waals surface area (Å²) in [6, 6.07) is 12.0. The first-order valence-electron chi connectivity index (χ1n) is 11.0. The highest BCUT2D eigenvalue weighted by Crippen LogP contribution is 2.40. The first kappa shape index (κ1) is 21.2. The summed E-state index contributed by atoms with van der Waals surface area (Å²) in [5, 5.41) is 5.16. The third kappa shape index (κ3) is 4.30. The molecule has 32 heavy (non-hydrogen) atoms. The topological polar surface area (TPSA) is 68.6 Å². The molecule has 8 heteroatoms. The Morgan fingerprint density at radius 2 is 2.19 bits per heavy atom. The maximum absolute atomic E-state index is 13.0. The Balaban J connectivity index is 1.25. The van der Waals surface area contributed by atoms with Crippen molar-refractivity contribution in [1.29, 1.82) is 0 Å². The maximum Gasteiger partial charge on any atom is 0.251 e. The summed E-state index contributed by atoms with van der Waals surface area (Å²) in [6.45, 7) is 3.73. The van der Waals surface area contributed by atoms with Crippen molar-refractivity contribution in [2.45, 2.75) is 44.2 Å². The number of amides is 1. The number of nitrogens with one attached hydrogen (secondary N) is 1. The molecule has 3 aromatic rings. The molecule has 1 saturated heterocycles. The lowest BCUT2D eigenvalue weighted by Gasteiger charge is -2.45. The number of thiophene rings is 1. The number of carbonyl (C=O) groups excluding carboxylic acids is 1. The lowest BCUT2D eigenvalue weighted by molar-refractivity contribution is -0.174. The fraction of sp³-hybridized carbons (Fsp3) is 0.417. The fourth-order valence-corrected chi connectivity index (χ4v) is 5.40. The smallest absolute Gasteiger partial charge is 0.251 e. The van der Waals surface area contributed by atoms with Crippen molar-refractivity contribution in [3.63, 3.8) is 0 Å². The number of rotatable bonds is 6. The van der Waals surface area contributed by atoms with Crippen LogP contribution in [0.15, 0.2) is 54.2 Å². The summed E-state index contributed by atoms with van der Waals surface area (Å²) in [5.74, 6) is 1.64. The Labute approximate surface area is 192 Å². The number of ether oxygens (including phenoxy) is 2. The van der Waals surface area contributed by atoms with E-state index in [0.717, 1.165) is 49.6 Å². The minimum atomic E-state index is -0.536. The van der Waals surface area contributed by atoms with Gasteiger partial charge in [0, 0.05) is 43.4 Å². The standard InChI is InChI=1S/C24H28N4O3S/c1-30-19-5-2-4-18(14-19)15-26-22(29)21-17-28-12-9-25-23(28)24(31-21)7-10-27(11-8-24)16-20-6-3-13-32-20/h2-6,9,12-14,21H,7-8,10-11,15-17H2,1H3,(H,26,29)/t21-/m1/s1. The molecule has 5 rings (SSSR count). The van der Waals surface area contributed by atoms with Gasteiger partial charge in [0.2, 0.25) is 0 Å². The lowest BCUT2D eigenvalue weighted by Crippen LogP contribution is -2.53. The molecule has 2 aliphatic rings. The summed E-state index contributed by atoms with van der Waals surface area (Å²) >= 11 is 1.79. The zero-order chi connectivity index (χ0) is 22.0. The van der Waals surface area contributed by atoms with Crippen molar-refractivity contribution in [3.05, 3.63) is 70.4 Å². The van der Waals surface area contributed by atoms with E-state index in [1.165, 1.54) is 4.88 Å². The van der Waals surface area contributed by atoms with Crippen LogP contribution in [0.1, 0.15) is 29.1 Å². The lowest BCUT2D eigenvalue weighted by atomic mass is 9.88. The molecule has 0 saturated carbocycles. The van der Waals surface area contributed by atoms with Crippen LogP contribution in [0.2, 0.25) is 0 Å². The Kier molecular flexibility index (Phi) is 5.99. The molecule has 2 aliphatic heterocycles. The number of carbonyl (C=O) groups is 1. The summed E-state index contributed by atoms with van der Waals surface area (Å²) in [6.07, 6.45) is 4.89. The second kappa shape index (κ2) is 9.05. The molecule has 1 aromatic carbocycles. The molecule has 2 aromatic heterocycles. The van der Waals surface area contributed by atoms with Gasteiger partial charge in [-0.15, -0.1) is 11.3 Å². The summed E-state index contributed by atoms with van der Waals surface area (Å²) < 4.78 is 13.9. The molecule has 7 nitrogen and oxygen atoms in total. The zero-order valence-corrected chi connectivity index (χ0v) is 19.0. The number of imidazole rings is 1. The molecule has 1 atom stereocenters. The van der Waals surface area contributed by atoms with Crippen LogP contribution >= 0.6 is 11.3 Å². The second-order valence-electron chi connectivity index (χ2n) is 8.43. The molecule has 1 fully saturated rings. The number of hydrogen-bond donors (Lipinski definition) is 1. The average molecular weight is 453 g/mol. The van der Waals surface area contributed by atoms with Gasteiger partial charge < -0.3 is 19.4 Å².